The fourth-order valence-electron chi connectivity index (χ4n) is 3.15. The second kappa shape index (κ2) is 6.47. The van der Waals surface area contributed by atoms with Gasteiger partial charge in [0.05, 0.1) is 0 Å². The van der Waals surface area contributed by atoms with Gasteiger partial charge in [-0.15, -0.1) is 0 Å². The summed E-state index contributed by atoms with van der Waals surface area (Å²) >= 11 is 0. The van der Waals surface area contributed by atoms with Crippen LogP contribution in [0.15, 0.2) is 18.2 Å². The second-order valence-electron chi connectivity index (χ2n) is 5.76. The molecule has 2 rings (SSSR count). The number of hydrogen-bond donors (Lipinski definition) is 1. The van der Waals surface area contributed by atoms with Gasteiger partial charge in [-0.25, -0.2) is 8.78 Å². The van der Waals surface area contributed by atoms with Crippen LogP contribution in [0.1, 0.15) is 44.6 Å². The van der Waals surface area contributed by atoms with Crippen LogP contribution < -0.4 is 5.73 Å². The molecule has 0 heterocycles. The lowest BCUT2D eigenvalue weighted by atomic mass is 9.76. The Hall–Kier alpha value is -0.960. The number of halogens is 2. The summed E-state index contributed by atoms with van der Waals surface area (Å²) < 4.78 is 27.2. The molecule has 1 aromatic rings. The molecule has 2 N–H and O–H groups in total. The Bertz CT molecular complexity index is 391. The minimum atomic E-state index is -0.474. The van der Waals surface area contributed by atoms with Gasteiger partial charge >= 0.3 is 0 Å². The minimum Gasteiger partial charge on any atom is -0.327 e. The first kappa shape index (κ1) is 14.4. The summed E-state index contributed by atoms with van der Waals surface area (Å²) in [6, 6.07) is 3.87. The van der Waals surface area contributed by atoms with Gasteiger partial charge in [-0.2, -0.15) is 0 Å². The highest BCUT2D eigenvalue weighted by atomic mass is 19.1. The number of rotatable bonds is 4. The summed E-state index contributed by atoms with van der Waals surface area (Å²) in [4.78, 5) is 0. The third-order valence-electron chi connectivity index (χ3n) is 4.58. The predicted octanol–water partition coefficient (Wildman–Crippen LogP) is 4.05. The molecule has 1 saturated carbocycles. The molecule has 1 aromatic carbocycles. The Kier molecular flexibility index (Phi) is 4.92. The largest absolute Gasteiger partial charge is 0.327 e. The standard InChI is InChI=1S/C16H23F2N/c1-2-11-6-8-12(9-7-11)16(19)10-13-14(17)4-3-5-15(13)18/h3-5,11-12,16H,2,6-10,19H2,1H3. The lowest BCUT2D eigenvalue weighted by Gasteiger charge is -2.31. The minimum absolute atomic E-state index is 0.135. The maximum atomic E-state index is 13.6. The van der Waals surface area contributed by atoms with Gasteiger partial charge in [0.25, 0.3) is 0 Å². The molecular weight excluding hydrogens is 244 g/mol. The Morgan fingerprint density at radius 3 is 2.26 bits per heavy atom. The smallest absolute Gasteiger partial charge is 0.129 e. The molecule has 1 aliphatic rings. The molecule has 19 heavy (non-hydrogen) atoms. The van der Waals surface area contributed by atoms with Crippen molar-refractivity contribution in [3.63, 3.8) is 0 Å². The van der Waals surface area contributed by atoms with E-state index in [0.29, 0.717) is 12.3 Å². The van der Waals surface area contributed by atoms with Crippen LogP contribution in [0.4, 0.5) is 8.78 Å². The summed E-state index contributed by atoms with van der Waals surface area (Å²) in [5.74, 6) is 0.269. The highest BCUT2D eigenvalue weighted by Gasteiger charge is 2.26. The lowest BCUT2D eigenvalue weighted by Crippen LogP contribution is -2.35. The fraction of sp³-hybridized carbons (Fsp3) is 0.625. The van der Waals surface area contributed by atoms with Crippen molar-refractivity contribution < 1.29 is 8.78 Å². The highest BCUT2D eigenvalue weighted by Crippen LogP contribution is 2.33. The van der Waals surface area contributed by atoms with E-state index >= 15 is 0 Å². The molecule has 0 aromatic heterocycles. The average molecular weight is 267 g/mol. The molecule has 0 radical (unpaired) electrons. The Morgan fingerprint density at radius 2 is 1.74 bits per heavy atom. The maximum Gasteiger partial charge on any atom is 0.129 e. The van der Waals surface area contributed by atoms with Gasteiger partial charge in [0, 0.05) is 11.6 Å². The molecule has 1 fully saturated rings. The fourth-order valence-corrected chi connectivity index (χ4v) is 3.15. The van der Waals surface area contributed by atoms with E-state index < -0.39 is 11.6 Å². The van der Waals surface area contributed by atoms with Crippen molar-refractivity contribution in [2.24, 2.45) is 17.6 Å². The molecule has 1 atom stereocenters. The predicted molar refractivity (Wildman–Crippen MR) is 73.8 cm³/mol. The summed E-state index contributed by atoms with van der Waals surface area (Å²) in [7, 11) is 0. The summed E-state index contributed by atoms with van der Waals surface area (Å²) in [6.45, 7) is 2.22. The molecule has 0 saturated heterocycles. The summed E-state index contributed by atoms with van der Waals surface area (Å²) in [6.07, 6.45) is 6.12. The van der Waals surface area contributed by atoms with Crippen molar-refractivity contribution in [1.29, 1.82) is 0 Å². The van der Waals surface area contributed by atoms with Gasteiger partial charge in [0.15, 0.2) is 0 Å². The van der Waals surface area contributed by atoms with Gasteiger partial charge in [-0.1, -0.05) is 32.3 Å². The van der Waals surface area contributed by atoms with Crippen LogP contribution in [-0.4, -0.2) is 6.04 Å². The SMILES string of the molecule is CCC1CCC(C(N)Cc2c(F)cccc2F)CC1. The van der Waals surface area contributed by atoms with Crippen molar-refractivity contribution in [1.82, 2.24) is 0 Å². The monoisotopic (exact) mass is 267 g/mol. The van der Waals surface area contributed by atoms with E-state index in [1.165, 1.54) is 37.5 Å². The zero-order valence-electron chi connectivity index (χ0n) is 11.5. The van der Waals surface area contributed by atoms with E-state index in [-0.39, 0.29) is 11.6 Å². The zero-order valence-corrected chi connectivity index (χ0v) is 11.5. The van der Waals surface area contributed by atoms with Crippen molar-refractivity contribution in [3.05, 3.63) is 35.4 Å². The van der Waals surface area contributed by atoms with Crippen LogP contribution in [0.25, 0.3) is 0 Å². The Morgan fingerprint density at radius 1 is 1.16 bits per heavy atom. The first-order valence-electron chi connectivity index (χ1n) is 7.30. The number of nitrogens with two attached hydrogens (primary N) is 1. The third-order valence-corrected chi connectivity index (χ3v) is 4.58. The van der Waals surface area contributed by atoms with Crippen molar-refractivity contribution in [3.8, 4) is 0 Å². The first-order chi connectivity index (χ1) is 9.11. The molecule has 1 unspecified atom stereocenters. The molecule has 0 bridgehead atoms. The Labute approximate surface area is 114 Å². The third kappa shape index (κ3) is 3.53. The van der Waals surface area contributed by atoms with Gasteiger partial charge in [0.2, 0.25) is 0 Å². The van der Waals surface area contributed by atoms with E-state index in [2.05, 4.69) is 6.92 Å². The Balaban J connectivity index is 1.96. The topological polar surface area (TPSA) is 26.0 Å². The van der Waals surface area contributed by atoms with Gasteiger partial charge in [-0.3, -0.25) is 0 Å². The van der Waals surface area contributed by atoms with Crippen LogP contribution >= 0.6 is 0 Å². The van der Waals surface area contributed by atoms with Crippen LogP contribution in [0.3, 0.4) is 0 Å². The molecular formula is C16H23F2N. The molecule has 0 spiro atoms. The van der Waals surface area contributed by atoms with E-state index in [4.69, 9.17) is 5.73 Å². The van der Waals surface area contributed by atoms with E-state index in [1.54, 1.807) is 0 Å². The van der Waals surface area contributed by atoms with Crippen LogP contribution in [-0.2, 0) is 6.42 Å². The molecule has 3 heteroatoms. The lowest BCUT2D eigenvalue weighted by molar-refractivity contribution is 0.236. The van der Waals surface area contributed by atoms with Gasteiger partial charge < -0.3 is 5.73 Å². The summed E-state index contributed by atoms with van der Waals surface area (Å²) in [5, 5.41) is 0. The van der Waals surface area contributed by atoms with E-state index in [0.717, 1.165) is 18.8 Å². The second-order valence-corrected chi connectivity index (χ2v) is 5.76. The molecule has 1 aliphatic carbocycles. The molecule has 106 valence electrons. The van der Waals surface area contributed by atoms with Crippen LogP contribution in [0.2, 0.25) is 0 Å². The van der Waals surface area contributed by atoms with Crippen LogP contribution in [0.5, 0.6) is 0 Å². The quantitative estimate of drug-likeness (QED) is 0.875. The van der Waals surface area contributed by atoms with Crippen molar-refractivity contribution in [2.75, 3.05) is 0 Å². The van der Waals surface area contributed by atoms with Crippen molar-refractivity contribution in [2.45, 2.75) is 51.5 Å². The van der Waals surface area contributed by atoms with E-state index in [1.807, 2.05) is 0 Å². The van der Waals surface area contributed by atoms with Gasteiger partial charge in [0.1, 0.15) is 11.6 Å². The molecule has 0 amide bonds. The number of benzene rings is 1. The highest BCUT2D eigenvalue weighted by molar-refractivity contribution is 5.20. The normalized spacial score (nSPS) is 25.3. The van der Waals surface area contributed by atoms with Gasteiger partial charge in [-0.05, 0) is 43.2 Å². The summed E-state index contributed by atoms with van der Waals surface area (Å²) in [5.41, 5.74) is 6.32. The number of hydrogen-bond acceptors (Lipinski definition) is 1. The molecule has 0 aliphatic heterocycles. The first-order valence-corrected chi connectivity index (χ1v) is 7.30. The van der Waals surface area contributed by atoms with E-state index in [9.17, 15) is 8.78 Å². The average Bonchev–Trinajstić information content (AvgIpc) is 2.43. The molecule has 1 nitrogen and oxygen atoms in total. The van der Waals surface area contributed by atoms with Crippen molar-refractivity contribution >= 4 is 0 Å². The maximum absolute atomic E-state index is 13.6. The van der Waals surface area contributed by atoms with Crippen LogP contribution in [0, 0.1) is 23.5 Å². The zero-order chi connectivity index (χ0) is 13.8.